The highest BCUT2D eigenvalue weighted by molar-refractivity contribution is 7.09. The van der Waals surface area contributed by atoms with Gasteiger partial charge < -0.3 is 10.1 Å². The summed E-state index contributed by atoms with van der Waals surface area (Å²) < 4.78 is 5.29. The van der Waals surface area contributed by atoms with Crippen LogP contribution < -0.4 is 5.32 Å². The summed E-state index contributed by atoms with van der Waals surface area (Å²) in [5.41, 5.74) is 1.17. The molecule has 1 aliphatic rings. The average Bonchev–Trinajstić information content (AvgIpc) is 2.86. The van der Waals surface area contributed by atoms with Crippen LogP contribution in [0.25, 0.3) is 0 Å². The second kappa shape index (κ2) is 4.87. The first-order chi connectivity index (χ1) is 6.88. The predicted octanol–water partition coefficient (Wildman–Crippen LogP) is 1.58. The molecule has 0 bridgehead atoms. The number of hydrogen-bond donors (Lipinski definition) is 1. The third-order valence-corrected chi connectivity index (χ3v) is 3.45. The summed E-state index contributed by atoms with van der Waals surface area (Å²) >= 11 is 1.75. The Morgan fingerprint density at radius 3 is 3.29 bits per heavy atom. The Morgan fingerprint density at radius 1 is 1.71 bits per heavy atom. The zero-order chi connectivity index (χ0) is 9.80. The number of rotatable bonds is 4. The van der Waals surface area contributed by atoms with Gasteiger partial charge in [0.15, 0.2) is 0 Å². The number of thiazole rings is 1. The lowest BCUT2D eigenvalue weighted by Crippen LogP contribution is -2.28. The fourth-order valence-corrected chi connectivity index (χ4v) is 2.28. The van der Waals surface area contributed by atoms with E-state index in [1.54, 1.807) is 11.3 Å². The molecule has 78 valence electrons. The topological polar surface area (TPSA) is 34.2 Å². The lowest BCUT2D eigenvalue weighted by atomic mass is 10.2. The molecular weight excluding hydrogens is 196 g/mol. The minimum absolute atomic E-state index is 0.529. The summed E-state index contributed by atoms with van der Waals surface area (Å²) in [6, 6.07) is 0.529. The van der Waals surface area contributed by atoms with Crippen molar-refractivity contribution in [1.29, 1.82) is 0 Å². The molecule has 14 heavy (non-hydrogen) atoms. The van der Waals surface area contributed by atoms with Crippen LogP contribution in [0.4, 0.5) is 0 Å². The SMILES string of the molecule is CCc1nc(CNC2CCOC2)cs1. The zero-order valence-electron chi connectivity index (χ0n) is 8.45. The maximum Gasteiger partial charge on any atom is 0.0926 e. The van der Waals surface area contributed by atoms with Gasteiger partial charge in [-0.2, -0.15) is 0 Å². The molecule has 1 saturated heterocycles. The summed E-state index contributed by atoms with van der Waals surface area (Å²) in [7, 11) is 0. The number of aryl methyl sites for hydroxylation is 1. The Morgan fingerprint density at radius 2 is 2.64 bits per heavy atom. The maximum absolute atomic E-state index is 5.29. The smallest absolute Gasteiger partial charge is 0.0926 e. The van der Waals surface area contributed by atoms with Crippen LogP contribution in [0.15, 0.2) is 5.38 Å². The largest absolute Gasteiger partial charge is 0.380 e. The van der Waals surface area contributed by atoms with E-state index >= 15 is 0 Å². The van der Waals surface area contributed by atoms with Crippen molar-refractivity contribution < 1.29 is 4.74 Å². The van der Waals surface area contributed by atoms with Crippen molar-refractivity contribution in [3.05, 3.63) is 16.1 Å². The van der Waals surface area contributed by atoms with Gasteiger partial charge in [0.05, 0.1) is 17.3 Å². The van der Waals surface area contributed by atoms with Gasteiger partial charge in [0.2, 0.25) is 0 Å². The van der Waals surface area contributed by atoms with Gasteiger partial charge in [-0.15, -0.1) is 11.3 Å². The van der Waals surface area contributed by atoms with E-state index in [2.05, 4.69) is 22.6 Å². The summed E-state index contributed by atoms with van der Waals surface area (Å²) in [5.74, 6) is 0. The molecule has 0 saturated carbocycles. The minimum atomic E-state index is 0.529. The molecule has 0 aromatic carbocycles. The zero-order valence-corrected chi connectivity index (χ0v) is 9.27. The molecule has 4 heteroatoms. The maximum atomic E-state index is 5.29. The monoisotopic (exact) mass is 212 g/mol. The third kappa shape index (κ3) is 2.53. The molecule has 1 fully saturated rings. The summed E-state index contributed by atoms with van der Waals surface area (Å²) in [6.07, 6.45) is 2.17. The summed E-state index contributed by atoms with van der Waals surface area (Å²) in [6.45, 7) is 4.77. The normalized spacial score (nSPS) is 21.6. The number of ether oxygens (including phenoxy) is 1. The number of hydrogen-bond acceptors (Lipinski definition) is 4. The molecule has 0 amide bonds. The van der Waals surface area contributed by atoms with Gasteiger partial charge in [0.1, 0.15) is 0 Å². The van der Waals surface area contributed by atoms with Gasteiger partial charge in [0, 0.05) is 24.6 Å². The Kier molecular flexibility index (Phi) is 3.50. The molecular formula is C10H16N2OS. The molecule has 2 rings (SSSR count). The van der Waals surface area contributed by atoms with Crippen molar-refractivity contribution >= 4 is 11.3 Å². The Balaban J connectivity index is 1.79. The van der Waals surface area contributed by atoms with Crippen LogP contribution in [0.5, 0.6) is 0 Å². The molecule has 3 nitrogen and oxygen atoms in total. The highest BCUT2D eigenvalue weighted by Gasteiger charge is 2.14. The van der Waals surface area contributed by atoms with E-state index in [9.17, 15) is 0 Å². The summed E-state index contributed by atoms with van der Waals surface area (Å²) in [4.78, 5) is 4.50. The second-order valence-electron chi connectivity index (χ2n) is 3.53. The summed E-state index contributed by atoms with van der Waals surface area (Å²) in [5, 5.41) is 6.82. The van der Waals surface area contributed by atoms with Gasteiger partial charge in [-0.3, -0.25) is 0 Å². The minimum Gasteiger partial charge on any atom is -0.380 e. The molecule has 1 aromatic rings. The quantitative estimate of drug-likeness (QED) is 0.823. The van der Waals surface area contributed by atoms with E-state index in [0.29, 0.717) is 6.04 Å². The van der Waals surface area contributed by atoms with E-state index in [0.717, 1.165) is 32.6 Å². The van der Waals surface area contributed by atoms with Crippen LogP contribution >= 0.6 is 11.3 Å². The highest BCUT2D eigenvalue weighted by atomic mass is 32.1. The van der Waals surface area contributed by atoms with Crippen LogP contribution in [-0.2, 0) is 17.7 Å². The Labute approximate surface area is 88.5 Å². The van der Waals surface area contributed by atoms with Crippen LogP contribution in [0.2, 0.25) is 0 Å². The van der Waals surface area contributed by atoms with Crippen molar-refractivity contribution in [1.82, 2.24) is 10.3 Å². The Bertz CT molecular complexity index is 281. The van der Waals surface area contributed by atoms with Crippen molar-refractivity contribution in [2.24, 2.45) is 0 Å². The van der Waals surface area contributed by atoms with Gasteiger partial charge in [-0.1, -0.05) is 6.92 Å². The molecule has 0 radical (unpaired) electrons. The molecule has 1 aliphatic heterocycles. The first-order valence-corrected chi connectivity index (χ1v) is 6.01. The number of aromatic nitrogens is 1. The van der Waals surface area contributed by atoms with Crippen LogP contribution in [0.3, 0.4) is 0 Å². The molecule has 1 atom stereocenters. The first-order valence-electron chi connectivity index (χ1n) is 5.13. The fraction of sp³-hybridized carbons (Fsp3) is 0.700. The molecule has 0 spiro atoms. The van der Waals surface area contributed by atoms with Gasteiger partial charge in [0.25, 0.3) is 0 Å². The number of nitrogens with zero attached hydrogens (tertiary/aromatic N) is 1. The van der Waals surface area contributed by atoms with Crippen molar-refractivity contribution in [3.63, 3.8) is 0 Å². The predicted molar refractivity (Wildman–Crippen MR) is 57.6 cm³/mol. The second-order valence-corrected chi connectivity index (χ2v) is 4.47. The van der Waals surface area contributed by atoms with E-state index in [-0.39, 0.29) is 0 Å². The van der Waals surface area contributed by atoms with E-state index in [1.165, 1.54) is 10.7 Å². The van der Waals surface area contributed by atoms with Crippen LogP contribution in [0, 0.1) is 0 Å². The number of nitrogens with one attached hydrogen (secondary N) is 1. The average molecular weight is 212 g/mol. The first kappa shape index (κ1) is 10.1. The van der Waals surface area contributed by atoms with Crippen LogP contribution in [-0.4, -0.2) is 24.2 Å². The Hall–Kier alpha value is -0.450. The molecule has 0 aliphatic carbocycles. The van der Waals surface area contributed by atoms with Crippen LogP contribution in [0.1, 0.15) is 24.0 Å². The third-order valence-electron chi connectivity index (χ3n) is 2.40. The lowest BCUT2D eigenvalue weighted by Gasteiger charge is -2.07. The standard InChI is InChI=1S/C10H16N2OS/c1-2-10-12-9(7-14-10)5-11-8-3-4-13-6-8/h7-8,11H,2-6H2,1H3. The van der Waals surface area contributed by atoms with Gasteiger partial charge in [-0.25, -0.2) is 4.98 Å². The van der Waals surface area contributed by atoms with Gasteiger partial charge >= 0.3 is 0 Å². The lowest BCUT2D eigenvalue weighted by molar-refractivity contribution is 0.189. The fourth-order valence-electron chi connectivity index (χ4n) is 1.54. The molecule has 1 aromatic heterocycles. The molecule has 2 heterocycles. The highest BCUT2D eigenvalue weighted by Crippen LogP contribution is 2.11. The molecule has 1 N–H and O–H groups in total. The van der Waals surface area contributed by atoms with E-state index in [4.69, 9.17) is 4.74 Å². The van der Waals surface area contributed by atoms with Gasteiger partial charge in [-0.05, 0) is 12.8 Å². The van der Waals surface area contributed by atoms with E-state index in [1.807, 2.05) is 0 Å². The van der Waals surface area contributed by atoms with E-state index < -0.39 is 0 Å². The van der Waals surface area contributed by atoms with Crippen molar-refractivity contribution in [2.45, 2.75) is 32.4 Å². The van der Waals surface area contributed by atoms with Crippen molar-refractivity contribution in [3.8, 4) is 0 Å². The molecule has 1 unspecified atom stereocenters. The van der Waals surface area contributed by atoms with Crippen molar-refractivity contribution in [2.75, 3.05) is 13.2 Å².